The predicted octanol–water partition coefficient (Wildman–Crippen LogP) is 2.28. The van der Waals surface area contributed by atoms with Crippen molar-refractivity contribution in [3.63, 3.8) is 0 Å². The summed E-state index contributed by atoms with van der Waals surface area (Å²) in [5.74, 6) is 2.22. The van der Waals surface area contributed by atoms with E-state index in [1.54, 1.807) is 0 Å². The Bertz CT molecular complexity index is 723. The average Bonchev–Trinajstić information content (AvgIpc) is 2.84. The lowest BCUT2D eigenvalue weighted by atomic mass is 9.84. The minimum Gasteiger partial charge on any atom is -0.358 e. The second-order valence-corrected chi connectivity index (χ2v) is 6.24. The highest BCUT2D eigenvalue weighted by Crippen LogP contribution is 2.47. The van der Waals surface area contributed by atoms with Crippen LogP contribution >= 0.6 is 0 Å². The van der Waals surface area contributed by atoms with Crippen LogP contribution in [0.3, 0.4) is 0 Å². The van der Waals surface area contributed by atoms with Crippen molar-refractivity contribution in [2.45, 2.75) is 18.8 Å². The van der Waals surface area contributed by atoms with Crippen molar-refractivity contribution in [2.75, 3.05) is 31.6 Å². The fourth-order valence-electron chi connectivity index (χ4n) is 4.06. The van der Waals surface area contributed by atoms with Gasteiger partial charge >= 0.3 is 0 Å². The van der Waals surface area contributed by atoms with Gasteiger partial charge in [-0.1, -0.05) is 0 Å². The molecule has 110 valence electrons. The van der Waals surface area contributed by atoms with Crippen LogP contribution in [0.2, 0.25) is 0 Å². The summed E-state index contributed by atoms with van der Waals surface area (Å²) >= 11 is 0. The smallest absolute Gasteiger partial charge is 0.176 e. The summed E-state index contributed by atoms with van der Waals surface area (Å²) in [6.07, 6.45) is 2.50. The van der Waals surface area contributed by atoms with Gasteiger partial charge in [-0.15, -0.1) is 0 Å². The van der Waals surface area contributed by atoms with Gasteiger partial charge in [-0.2, -0.15) is 0 Å². The third-order valence-corrected chi connectivity index (χ3v) is 5.07. The van der Waals surface area contributed by atoms with Crippen molar-refractivity contribution >= 4 is 22.5 Å². The zero-order valence-corrected chi connectivity index (χ0v) is 12.6. The van der Waals surface area contributed by atoms with E-state index in [1.165, 1.54) is 48.2 Å². The van der Waals surface area contributed by atoms with E-state index in [1.807, 2.05) is 13.1 Å². The highest BCUT2D eigenvalue weighted by Gasteiger charge is 2.35. The number of fused-ring (bicyclic) bond motifs is 3. The second kappa shape index (κ2) is 4.60. The largest absolute Gasteiger partial charge is 0.358 e. The number of aryl methyl sites for hydroxylation is 1. The number of anilines is 1. The Hall–Kier alpha value is -1.81. The molecule has 0 radical (unpaired) electrons. The zero-order valence-electron chi connectivity index (χ0n) is 12.6. The van der Waals surface area contributed by atoms with Crippen LogP contribution in [-0.4, -0.2) is 37.0 Å². The summed E-state index contributed by atoms with van der Waals surface area (Å²) in [5.41, 5.74) is 3.55. The first kappa shape index (κ1) is 12.9. The van der Waals surface area contributed by atoms with Crippen molar-refractivity contribution < 1.29 is 4.79 Å². The molecule has 1 saturated heterocycles. The number of ketones is 1. The van der Waals surface area contributed by atoms with E-state index in [0.717, 1.165) is 5.56 Å². The highest BCUT2D eigenvalue weighted by atomic mass is 16.1. The van der Waals surface area contributed by atoms with Gasteiger partial charge in [0.2, 0.25) is 0 Å². The number of Topliss-reactive ketones (excluding diaryl/α,β-unsaturated/α-hetero) is 1. The lowest BCUT2D eigenvalue weighted by Crippen LogP contribution is -2.39. The van der Waals surface area contributed by atoms with Crippen molar-refractivity contribution in [2.24, 2.45) is 7.05 Å². The molecule has 0 atom stereocenters. The maximum atomic E-state index is 12.1. The standard InChI is InChI=1S/C17H21N3O/c1-18-10-15(21)12-3-4-14-13(9-12)16-11-5-7-20(8-6-11)17(16)19(14)2/h3-4,9,11,18H,5-8,10H2,1-2H3. The van der Waals surface area contributed by atoms with Crippen LogP contribution in [0.1, 0.15) is 34.7 Å². The van der Waals surface area contributed by atoms with Gasteiger partial charge in [0.05, 0.1) is 6.54 Å². The number of carbonyl (C=O) groups excluding carboxylic acids is 1. The molecule has 0 aliphatic carbocycles. The van der Waals surface area contributed by atoms with Crippen LogP contribution in [-0.2, 0) is 7.05 Å². The maximum Gasteiger partial charge on any atom is 0.176 e. The van der Waals surface area contributed by atoms with Crippen molar-refractivity contribution in [3.05, 3.63) is 29.3 Å². The van der Waals surface area contributed by atoms with Crippen molar-refractivity contribution in [3.8, 4) is 0 Å². The molecule has 2 aromatic rings. The van der Waals surface area contributed by atoms with Crippen LogP contribution < -0.4 is 10.2 Å². The monoisotopic (exact) mass is 283 g/mol. The third kappa shape index (κ3) is 1.75. The van der Waals surface area contributed by atoms with Gasteiger partial charge in [0.1, 0.15) is 5.82 Å². The van der Waals surface area contributed by atoms with E-state index in [0.29, 0.717) is 12.5 Å². The number of nitrogens with one attached hydrogen (secondary N) is 1. The minimum absolute atomic E-state index is 0.165. The number of rotatable bonds is 3. The molecular weight excluding hydrogens is 262 g/mol. The first-order valence-corrected chi connectivity index (χ1v) is 7.75. The number of hydrogen-bond donors (Lipinski definition) is 1. The van der Waals surface area contributed by atoms with Gasteiger partial charge < -0.3 is 14.8 Å². The number of nitrogens with zero attached hydrogens (tertiary/aromatic N) is 2. The molecule has 1 N–H and O–H groups in total. The SMILES string of the molecule is CNCC(=O)c1ccc2c(c1)c1c(n2C)N2CCC1CC2. The molecule has 4 heterocycles. The van der Waals surface area contributed by atoms with Crippen molar-refractivity contribution in [1.82, 2.24) is 9.88 Å². The van der Waals surface area contributed by atoms with E-state index in [2.05, 4.69) is 34.0 Å². The zero-order chi connectivity index (χ0) is 14.6. The Morgan fingerprint density at radius 1 is 1.33 bits per heavy atom. The maximum absolute atomic E-state index is 12.1. The van der Waals surface area contributed by atoms with E-state index in [4.69, 9.17) is 0 Å². The molecular formula is C17H21N3O. The second-order valence-electron chi connectivity index (χ2n) is 6.24. The molecule has 3 aliphatic rings. The van der Waals surface area contributed by atoms with E-state index in [-0.39, 0.29) is 5.78 Å². The Kier molecular flexibility index (Phi) is 2.82. The molecule has 1 fully saturated rings. The van der Waals surface area contributed by atoms with Gasteiger partial charge in [0.25, 0.3) is 0 Å². The summed E-state index contributed by atoms with van der Waals surface area (Å²) in [6, 6.07) is 6.18. The third-order valence-electron chi connectivity index (χ3n) is 5.07. The normalized spacial score (nSPS) is 17.5. The Morgan fingerprint density at radius 2 is 2.10 bits per heavy atom. The molecule has 4 nitrogen and oxygen atoms in total. The van der Waals surface area contributed by atoms with Gasteiger partial charge in [0, 0.05) is 42.2 Å². The summed E-state index contributed by atoms with van der Waals surface area (Å²) in [7, 11) is 3.96. The number of benzene rings is 1. The molecule has 0 amide bonds. The Morgan fingerprint density at radius 3 is 2.81 bits per heavy atom. The first-order valence-electron chi connectivity index (χ1n) is 7.75. The van der Waals surface area contributed by atoms with Gasteiger partial charge in [-0.25, -0.2) is 0 Å². The summed E-state index contributed by atoms with van der Waals surface area (Å²) in [5, 5.41) is 4.23. The van der Waals surface area contributed by atoms with Crippen LogP contribution in [0.5, 0.6) is 0 Å². The van der Waals surface area contributed by atoms with E-state index in [9.17, 15) is 4.79 Å². The minimum atomic E-state index is 0.165. The molecule has 4 heteroatoms. The quantitative estimate of drug-likeness (QED) is 0.878. The van der Waals surface area contributed by atoms with Gasteiger partial charge in [-0.3, -0.25) is 4.79 Å². The fourth-order valence-corrected chi connectivity index (χ4v) is 4.06. The molecule has 21 heavy (non-hydrogen) atoms. The topological polar surface area (TPSA) is 37.3 Å². The first-order chi connectivity index (χ1) is 10.2. The number of carbonyl (C=O) groups is 1. The number of aromatic nitrogens is 1. The number of piperidine rings is 1. The van der Waals surface area contributed by atoms with Crippen molar-refractivity contribution in [1.29, 1.82) is 0 Å². The van der Waals surface area contributed by atoms with E-state index < -0.39 is 0 Å². The summed E-state index contributed by atoms with van der Waals surface area (Å²) in [6.45, 7) is 2.75. The van der Waals surface area contributed by atoms with Crippen LogP contribution in [0.25, 0.3) is 10.9 Å². The number of likely N-dealkylation sites (N-methyl/N-ethyl adjacent to an activating group) is 1. The van der Waals surface area contributed by atoms with Gasteiger partial charge in [-0.05, 0) is 44.0 Å². The lowest BCUT2D eigenvalue weighted by Gasteiger charge is -2.41. The molecule has 2 bridgehead atoms. The van der Waals surface area contributed by atoms with Crippen LogP contribution in [0.15, 0.2) is 18.2 Å². The Labute approximate surface area is 124 Å². The highest BCUT2D eigenvalue weighted by molar-refractivity contribution is 6.02. The average molecular weight is 283 g/mol. The molecule has 1 aromatic heterocycles. The van der Waals surface area contributed by atoms with E-state index >= 15 is 0 Å². The summed E-state index contributed by atoms with van der Waals surface area (Å²) in [4.78, 5) is 14.6. The molecule has 1 aromatic carbocycles. The summed E-state index contributed by atoms with van der Waals surface area (Å²) < 4.78 is 2.31. The Balaban J connectivity index is 1.92. The molecule has 3 aliphatic heterocycles. The van der Waals surface area contributed by atoms with Crippen LogP contribution in [0.4, 0.5) is 5.82 Å². The van der Waals surface area contributed by atoms with Crippen LogP contribution in [0, 0.1) is 0 Å². The molecule has 0 unspecified atom stereocenters. The molecule has 0 saturated carbocycles. The lowest BCUT2D eigenvalue weighted by molar-refractivity contribution is 0.0993. The predicted molar refractivity (Wildman–Crippen MR) is 85.4 cm³/mol. The van der Waals surface area contributed by atoms with Gasteiger partial charge in [0.15, 0.2) is 5.78 Å². The number of hydrogen-bond acceptors (Lipinski definition) is 3. The molecule has 0 spiro atoms. The molecule has 5 rings (SSSR count). The fraction of sp³-hybridized carbons (Fsp3) is 0.471.